The second kappa shape index (κ2) is 8.98. The van der Waals surface area contributed by atoms with Gasteiger partial charge in [0.2, 0.25) is 0 Å². The van der Waals surface area contributed by atoms with Gasteiger partial charge >= 0.3 is 0 Å². The van der Waals surface area contributed by atoms with Gasteiger partial charge in [-0.25, -0.2) is 4.98 Å². The van der Waals surface area contributed by atoms with Crippen LogP contribution in [-0.2, 0) is 0 Å². The molecule has 2 fully saturated rings. The molecule has 0 bridgehead atoms. The first-order chi connectivity index (χ1) is 15.6. The van der Waals surface area contributed by atoms with E-state index in [4.69, 9.17) is 9.72 Å². The molecule has 0 atom stereocenters. The van der Waals surface area contributed by atoms with Crippen LogP contribution in [-0.4, -0.2) is 62.2 Å². The quantitative estimate of drug-likeness (QED) is 0.586. The molecule has 32 heavy (non-hydrogen) atoms. The van der Waals surface area contributed by atoms with Crippen LogP contribution in [0.15, 0.2) is 42.5 Å². The Morgan fingerprint density at radius 2 is 1.69 bits per heavy atom. The fourth-order valence-electron chi connectivity index (χ4n) is 4.52. The minimum absolute atomic E-state index is 0.114. The molecule has 1 aromatic heterocycles. The number of carbonyl (C=O) groups excluding carboxylic acids is 1. The van der Waals surface area contributed by atoms with Crippen molar-refractivity contribution in [1.29, 1.82) is 0 Å². The smallest absolute Gasteiger partial charge is 0.254 e. The summed E-state index contributed by atoms with van der Waals surface area (Å²) in [7, 11) is 1.68. The second-order valence-corrected chi connectivity index (χ2v) is 9.83. The monoisotopic (exact) mass is 450 g/mol. The number of nitrogens with zero attached hydrogens (tertiary/aromatic N) is 4. The Morgan fingerprint density at radius 1 is 0.969 bits per heavy atom. The molecule has 0 radical (unpaired) electrons. The van der Waals surface area contributed by atoms with Crippen LogP contribution in [0.3, 0.4) is 0 Å². The molecule has 3 heterocycles. The maximum atomic E-state index is 13.2. The summed E-state index contributed by atoms with van der Waals surface area (Å²) in [5.41, 5.74) is 2.92. The number of benzene rings is 2. The summed E-state index contributed by atoms with van der Waals surface area (Å²) in [5.74, 6) is 1.78. The molecular weight excluding hydrogens is 420 g/mol. The van der Waals surface area contributed by atoms with Crippen LogP contribution < -0.4 is 14.5 Å². The van der Waals surface area contributed by atoms with Crippen LogP contribution in [0.1, 0.15) is 30.1 Å². The van der Waals surface area contributed by atoms with Gasteiger partial charge in [0.1, 0.15) is 5.75 Å². The van der Waals surface area contributed by atoms with Gasteiger partial charge in [0, 0.05) is 50.5 Å². The molecule has 0 aliphatic carbocycles. The van der Waals surface area contributed by atoms with Crippen LogP contribution in [0.2, 0.25) is 0 Å². The highest BCUT2D eigenvalue weighted by atomic mass is 32.1. The van der Waals surface area contributed by atoms with E-state index < -0.39 is 0 Å². The van der Waals surface area contributed by atoms with Gasteiger partial charge in [0.15, 0.2) is 5.13 Å². The zero-order valence-electron chi connectivity index (χ0n) is 18.8. The van der Waals surface area contributed by atoms with Crippen molar-refractivity contribution in [3.05, 3.63) is 48.0 Å². The molecule has 3 aromatic rings. The van der Waals surface area contributed by atoms with E-state index in [1.807, 2.05) is 35.2 Å². The molecule has 2 saturated heterocycles. The number of fused-ring (bicyclic) bond motifs is 1. The van der Waals surface area contributed by atoms with E-state index in [0.717, 1.165) is 71.8 Å². The summed E-state index contributed by atoms with van der Waals surface area (Å²) >= 11 is 1.71. The summed E-state index contributed by atoms with van der Waals surface area (Å²) in [6.07, 6.45) is 2.45. The number of hydrogen-bond acceptors (Lipinski definition) is 6. The number of amides is 1. The third kappa shape index (κ3) is 4.26. The van der Waals surface area contributed by atoms with Crippen molar-refractivity contribution >= 4 is 38.3 Å². The van der Waals surface area contributed by atoms with E-state index >= 15 is 0 Å². The van der Waals surface area contributed by atoms with Crippen molar-refractivity contribution < 1.29 is 9.53 Å². The van der Waals surface area contributed by atoms with E-state index in [2.05, 4.69) is 28.9 Å². The highest BCUT2D eigenvalue weighted by Crippen LogP contribution is 2.32. The van der Waals surface area contributed by atoms with Crippen molar-refractivity contribution in [1.82, 2.24) is 9.88 Å². The van der Waals surface area contributed by atoms with Gasteiger partial charge in [-0.05, 0) is 61.2 Å². The Labute approximate surface area is 193 Å². The first-order valence-corrected chi connectivity index (χ1v) is 12.3. The zero-order valence-corrected chi connectivity index (χ0v) is 19.6. The Bertz CT molecular complexity index is 1080. The molecule has 7 heteroatoms. The van der Waals surface area contributed by atoms with Crippen molar-refractivity contribution in [2.75, 3.05) is 56.2 Å². The lowest BCUT2D eigenvalue weighted by molar-refractivity contribution is 0.0747. The number of methoxy groups -OCH3 is 1. The number of rotatable bonds is 4. The lowest BCUT2D eigenvalue weighted by Gasteiger charge is -2.36. The van der Waals surface area contributed by atoms with Gasteiger partial charge in [0.25, 0.3) is 5.91 Å². The number of ether oxygens (including phenoxy) is 1. The largest absolute Gasteiger partial charge is 0.497 e. The number of piperidine rings is 1. The molecule has 0 saturated carbocycles. The van der Waals surface area contributed by atoms with E-state index in [0.29, 0.717) is 0 Å². The summed E-state index contributed by atoms with van der Waals surface area (Å²) in [6, 6.07) is 14.1. The van der Waals surface area contributed by atoms with Crippen LogP contribution >= 0.6 is 11.3 Å². The molecule has 2 aromatic carbocycles. The van der Waals surface area contributed by atoms with Crippen molar-refractivity contribution in [3.63, 3.8) is 0 Å². The van der Waals surface area contributed by atoms with Crippen LogP contribution in [0.5, 0.6) is 5.75 Å². The molecule has 5 rings (SSSR count). The molecule has 168 valence electrons. The standard InChI is InChI=1S/C25H30N4O2S/c1-18-9-11-29(12-10-18)25-26-22-8-3-19(17-23(22)32-25)24(30)28-15-13-27(14-16-28)20-4-6-21(31-2)7-5-20/h3-8,17-18H,9-16H2,1-2H3. The van der Waals surface area contributed by atoms with Gasteiger partial charge in [0.05, 0.1) is 17.3 Å². The lowest BCUT2D eigenvalue weighted by Crippen LogP contribution is -2.48. The van der Waals surface area contributed by atoms with E-state index in [1.54, 1.807) is 18.4 Å². The topological polar surface area (TPSA) is 48.9 Å². The van der Waals surface area contributed by atoms with Crippen LogP contribution in [0.25, 0.3) is 10.2 Å². The SMILES string of the molecule is COc1ccc(N2CCN(C(=O)c3ccc4nc(N5CCC(C)CC5)sc4c3)CC2)cc1. The Morgan fingerprint density at radius 3 is 2.38 bits per heavy atom. The summed E-state index contributed by atoms with van der Waals surface area (Å²) < 4.78 is 6.35. The Hall–Kier alpha value is -2.80. The molecule has 0 unspecified atom stereocenters. The van der Waals surface area contributed by atoms with Crippen molar-refractivity contribution in [2.24, 2.45) is 5.92 Å². The Kier molecular flexibility index (Phi) is 5.91. The van der Waals surface area contributed by atoms with Crippen LogP contribution in [0, 0.1) is 5.92 Å². The fraction of sp³-hybridized carbons (Fsp3) is 0.440. The minimum Gasteiger partial charge on any atom is -0.497 e. The third-order valence-electron chi connectivity index (χ3n) is 6.68. The van der Waals surface area contributed by atoms with Gasteiger partial charge in [-0.2, -0.15) is 0 Å². The first kappa shape index (κ1) is 21.1. The van der Waals surface area contributed by atoms with E-state index in [-0.39, 0.29) is 5.91 Å². The molecule has 1 amide bonds. The second-order valence-electron chi connectivity index (χ2n) is 8.83. The number of carbonyl (C=O) groups is 1. The number of hydrogen-bond donors (Lipinski definition) is 0. The number of aromatic nitrogens is 1. The minimum atomic E-state index is 0.114. The molecule has 2 aliphatic heterocycles. The normalized spacial score (nSPS) is 17.8. The average molecular weight is 451 g/mol. The molecule has 2 aliphatic rings. The molecule has 6 nitrogen and oxygen atoms in total. The Balaban J connectivity index is 1.24. The summed E-state index contributed by atoms with van der Waals surface area (Å²) in [6.45, 7) is 7.59. The van der Waals surface area contributed by atoms with Gasteiger partial charge < -0.3 is 19.4 Å². The molecular formula is C25H30N4O2S. The third-order valence-corrected chi connectivity index (χ3v) is 7.76. The predicted molar refractivity (Wildman–Crippen MR) is 131 cm³/mol. The van der Waals surface area contributed by atoms with Gasteiger partial charge in [-0.15, -0.1) is 0 Å². The number of piperazine rings is 1. The molecule has 0 spiro atoms. The number of anilines is 2. The first-order valence-electron chi connectivity index (χ1n) is 11.4. The summed E-state index contributed by atoms with van der Waals surface area (Å²) in [4.78, 5) is 24.7. The van der Waals surface area contributed by atoms with Crippen LogP contribution in [0.4, 0.5) is 10.8 Å². The number of thiazole rings is 1. The average Bonchev–Trinajstić information content (AvgIpc) is 3.27. The maximum absolute atomic E-state index is 13.2. The zero-order chi connectivity index (χ0) is 22.1. The molecule has 0 N–H and O–H groups in total. The highest BCUT2D eigenvalue weighted by Gasteiger charge is 2.24. The maximum Gasteiger partial charge on any atom is 0.254 e. The van der Waals surface area contributed by atoms with Gasteiger partial charge in [-0.3, -0.25) is 4.79 Å². The van der Waals surface area contributed by atoms with Gasteiger partial charge in [-0.1, -0.05) is 18.3 Å². The van der Waals surface area contributed by atoms with E-state index in [1.165, 1.54) is 18.5 Å². The van der Waals surface area contributed by atoms with Crippen molar-refractivity contribution in [3.8, 4) is 5.75 Å². The predicted octanol–water partition coefficient (Wildman–Crippen LogP) is 4.50. The van der Waals surface area contributed by atoms with Crippen molar-refractivity contribution in [2.45, 2.75) is 19.8 Å². The summed E-state index contributed by atoms with van der Waals surface area (Å²) in [5, 5.41) is 1.09. The van der Waals surface area contributed by atoms with E-state index in [9.17, 15) is 4.79 Å². The highest BCUT2D eigenvalue weighted by molar-refractivity contribution is 7.22. The lowest BCUT2D eigenvalue weighted by atomic mass is 10.00. The fourth-order valence-corrected chi connectivity index (χ4v) is 5.58.